The highest BCUT2D eigenvalue weighted by Crippen LogP contribution is 2.35. The predicted octanol–water partition coefficient (Wildman–Crippen LogP) is 4.22. The minimum absolute atomic E-state index is 0.126. The summed E-state index contributed by atoms with van der Waals surface area (Å²) in [5.41, 5.74) is 2.10. The first-order chi connectivity index (χ1) is 13.9. The Bertz CT molecular complexity index is 1100. The van der Waals surface area contributed by atoms with E-state index < -0.39 is 16.1 Å². The normalized spacial score (nSPS) is 12.6. The molecule has 3 aromatic rings. The van der Waals surface area contributed by atoms with E-state index in [9.17, 15) is 13.2 Å². The van der Waals surface area contributed by atoms with Gasteiger partial charge < -0.3 is 5.32 Å². The van der Waals surface area contributed by atoms with Crippen LogP contribution in [0.25, 0.3) is 0 Å². The quantitative estimate of drug-likeness (QED) is 0.583. The van der Waals surface area contributed by atoms with E-state index in [0.717, 1.165) is 15.6 Å². The fourth-order valence-electron chi connectivity index (χ4n) is 3.15. The topological polar surface area (TPSA) is 66.5 Å². The molecule has 0 radical (unpaired) electrons. The molecule has 0 fully saturated rings. The Labute approximate surface area is 179 Å². The van der Waals surface area contributed by atoms with Crippen LogP contribution in [0.3, 0.4) is 0 Å². The zero-order chi connectivity index (χ0) is 21.0. The number of carbonyl (C=O) groups is 1. The summed E-state index contributed by atoms with van der Waals surface area (Å²) in [6, 6.07) is 22.5. The molecule has 3 aromatic carbocycles. The van der Waals surface area contributed by atoms with Gasteiger partial charge >= 0.3 is 0 Å². The number of hydrogen-bond donors (Lipinski definition) is 1. The predicted molar refractivity (Wildman–Crippen MR) is 117 cm³/mol. The highest BCUT2D eigenvalue weighted by Gasteiger charge is 2.31. The molecular weight excluding hydrogens is 452 g/mol. The van der Waals surface area contributed by atoms with Crippen molar-refractivity contribution in [3.05, 3.63) is 100 Å². The molecule has 0 saturated carbocycles. The van der Waals surface area contributed by atoms with E-state index in [4.69, 9.17) is 0 Å². The molecule has 0 aliphatic carbocycles. The third-order valence-electron chi connectivity index (χ3n) is 4.70. The van der Waals surface area contributed by atoms with E-state index >= 15 is 0 Å². The molecule has 1 amide bonds. The first-order valence-electron chi connectivity index (χ1n) is 8.96. The summed E-state index contributed by atoms with van der Waals surface area (Å²) in [6.07, 6.45) is 0. The minimum atomic E-state index is -3.82. The van der Waals surface area contributed by atoms with Crippen molar-refractivity contribution < 1.29 is 13.2 Å². The van der Waals surface area contributed by atoms with E-state index in [-0.39, 0.29) is 10.8 Å². The van der Waals surface area contributed by atoms with Crippen LogP contribution in [-0.4, -0.2) is 32.7 Å². The molecule has 1 atom stereocenters. The molecule has 1 N–H and O–H groups in total. The molecule has 0 spiro atoms. The monoisotopic (exact) mass is 472 g/mol. The molecule has 5 nitrogen and oxygen atoms in total. The number of carbonyl (C=O) groups excluding carboxylic acids is 1. The Morgan fingerprint density at radius 1 is 0.931 bits per heavy atom. The molecule has 0 aliphatic rings. The maximum absolute atomic E-state index is 13.4. The van der Waals surface area contributed by atoms with Gasteiger partial charge in [-0.05, 0) is 41.5 Å². The molecule has 0 heterocycles. The molecule has 7 heteroatoms. The number of nitrogens with zero attached hydrogens (tertiary/aromatic N) is 1. The third-order valence-corrected chi connectivity index (χ3v) is 7.26. The lowest BCUT2D eigenvalue weighted by Crippen LogP contribution is -2.32. The number of nitrogens with one attached hydrogen (secondary N) is 1. The molecule has 0 aromatic heterocycles. The van der Waals surface area contributed by atoms with E-state index in [1.165, 1.54) is 35.6 Å². The fourth-order valence-corrected chi connectivity index (χ4v) is 4.97. The Kier molecular flexibility index (Phi) is 6.52. The molecule has 150 valence electrons. The van der Waals surface area contributed by atoms with Gasteiger partial charge in [0.15, 0.2) is 0 Å². The van der Waals surface area contributed by atoms with Crippen molar-refractivity contribution in [1.29, 1.82) is 0 Å². The van der Waals surface area contributed by atoms with Gasteiger partial charge in [0, 0.05) is 24.1 Å². The lowest BCUT2D eigenvalue weighted by molar-refractivity contribution is 0.0963. The van der Waals surface area contributed by atoms with Crippen LogP contribution in [-0.2, 0) is 10.0 Å². The van der Waals surface area contributed by atoms with E-state index in [0.29, 0.717) is 5.56 Å². The van der Waals surface area contributed by atoms with Gasteiger partial charge in [0.2, 0.25) is 10.0 Å². The van der Waals surface area contributed by atoms with Gasteiger partial charge in [-0.15, -0.1) is 0 Å². The number of sulfonamides is 1. The number of rotatable bonds is 6. The molecule has 0 saturated heterocycles. The maximum Gasteiger partial charge on any atom is 0.251 e. The van der Waals surface area contributed by atoms with Crippen LogP contribution < -0.4 is 5.32 Å². The lowest BCUT2D eigenvalue weighted by atomic mass is 9.99. The second-order valence-electron chi connectivity index (χ2n) is 6.46. The number of halogens is 1. The molecule has 1 unspecified atom stereocenters. The standard InChI is InChI=1S/C22H21BrN2O3S/c1-24-22(26)17-12-14-18(15-13-17)29(27,28)25(2)21(16-8-4-3-5-9-16)19-10-6-7-11-20(19)23/h3-15,21H,1-2H3,(H,24,26). The molecule has 0 bridgehead atoms. The summed E-state index contributed by atoms with van der Waals surface area (Å²) in [5.74, 6) is -0.266. The van der Waals surface area contributed by atoms with Crippen molar-refractivity contribution >= 4 is 31.9 Å². The smallest absolute Gasteiger partial charge is 0.251 e. The van der Waals surface area contributed by atoms with Crippen molar-refractivity contribution in [3.8, 4) is 0 Å². The van der Waals surface area contributed by atoms with Crippen molar-refractivity contribution in [2.75, 3.05) is 14.1 Å². The van der Waals surface area contributed by atoms with Crippen LogP contribution in [0.2, 0.25) is 0 Å². The molecular formula is C22H21BrN2O3S. The molecule has 0 aliphatic heterocycles. The highest BCUT2D eigenvalue weighted by atomic mass is 79.9. The summed E-state index contributed by atoms with van der Waals surface area (Å²) >= 11 is 3.55. The van der Waals surface area contributed by atoms with Gasteiger partial charge in [-0.25, -0.2) is 8.42 Å². The first-order valence-corrected chi connectivity index (χ1v) is 11.2. The second-order valence-corrected chi connectivity index (χ2v) is 9.31. The Morgan fingerprint density at radius 3 is 2.10 bits per heavy atom. The summed E-state index contributed by atoms with van der Waals surface area (Å²) in [5, 5.41) is 2.53. The van der Waals surface area contributed by atoms with Crippen LogP contribution in [0.1, 0.15) is 27.5 Å². The van der Waals surface area contributed by atoms with Gasteiger partial charge in [-0.3, -0.25) is 4.79 Å². The van der Waals surface area contributed by atoms with Crippen molar-refractivity contribution in [1.82, 2.24) is 9.62 Å². The molecule has 29 heavy (non-hydrogen) atoms. The van der Waals surface area contributed by atoms with Gasteiger partial charge in [0.1, 0.15) is 0 Å². The van der Waals surface area contributed by atoms with Crippen molar-refractivity contribution in [2.45, 2.75) is 10.9 Å². The lowest BCUT2D eigenvalue weighted by Gasteiger charge is -2.29. The van der Waals surface area contributed by atoms with Gasteiger partial charge in [-0.1, -0.05) is 64.5 Å². The molecule has 3 rings (SSSR count). The average Bonchev–Trinajstić information content (AvgIpc) is 2.75. The summed E-state index contributed by atoms with van der Waals surface area (Å²) in [7, 11) is -0.720. The number of benzene rings is 3. The van der Waals surface area contributed by atoms with Crippen molar-refractivity contribution in [3.63, 3.8) is 0 Å². The van der Waals surface area contributed by atoms with Crippen molar-refractivity contribution in [2.24, 2.45) is 0 Å². The Morgan fingerprint density at radius 2 is 1.52 bits per heavy atom. The third kappa shape index (κ3) is 4.42. The fraction of sp³-hybridized carbons (Fsp3) is 0.136. The summed E-state index contributed by atoms with van der Waals surface area (Å²) in [6.45, 7) is 0. The Hall–Kier alpha value is -2.48. The van der Waals surface area contributed by atoms with Crippen LogP contribution >= 0.6 is 15.9 Å². The largest absolute Gasteiger partial charge is 0.355 e. The minimum Gasteiger partial charge on any atom is -0.355 e. The van der Waals surface area contributed by atoms with E-state index in [1.54, 1.807) is 7.05 Å². The number of amides is 1. The summed E-state index contributed by atoms with van der Waals surface area (Å²) < 4.78 is 29.0. The highest BCUT2D eigenvalue weighted by molar-refractivity contribution is 9.10. The average molecular weight is 473 g/mol. The van der Waals surface area contributed by atoms with Crippen LogP contribution in [0.4, 0.5) is 0 Å². The number of hydrogen-bond acceptors (Lipinski definition) is 3. The maximum atomic E-state index is 13.4. The zero-order valence-electron chi connectivity index (χ0n) is 16.0. The second kappa shape index (κ2) is 8.90. The van der Waals surface area contributed by atoms with Gasteiger partial charge in [0.25, 0.3) is 5.91 Å². The van der Waals surface area contributed by atoms with E-state index in [2.05, 4.69) is 21.2 Å². The zero-order valence-corrected chi connectivity index (χ0v) is 18.4. The van der Waals surface area contributed by atoms with Crippen LogP contribution in [0, 0.1) is 0 Å². The van der Waals surface area contributed by atoms with Crippen LogP contribution in [0.15, 0.2) is 88.2 Å². The summed E-state index contributed by atoms with van der Waals surface area (Å²) in [4.78, 5) is 11.9. The SMILES string of the molecule is CNC(=O)c1ccc(S(=O)(=O)N(C)C(c2ccccc2)c2ccccc2Br)cc1. The van der Waals surface area contributed by atoms with E-state index in [1.807, 2.05) is 54.6 Å². The van der Waals surface area contributed by atoms with Crippen LogP contribution in [0.5, 0.6) is 0 Å². The van der Waals surface area contributed by atoms with Gasteiger partial charge in [-0.2, -0.15) is 4.31 Å². The Balaban J connectivity index is 2.06. The van der Waals surface area contributed by atoms with Gasteiger partial charge in [0.05, 0.1) is 10.9 Å². The first kappa shape index (κ1) is 21.2.